The largest absolute Gasteiger partial charge is 0.370 e. The SMILES string of the molecule is O=C(CCc1ccccc1)ONCc1ccccc1. The van der Waals surface area contributed by atoms with Gasteiger partial charge in [-0.3, -0.25) is 4.79 Å². The Balaban J connectivity index is 1.65. The van der Waals surface area contributed by atoms with Gasteiger partial charge in [-0.1, -0.05) is 60.7 Å². The van der Waals surface area contributed by atoms with Gasteiger partial charge in [0.25, 0.3) is 0 Å². The van der Waals surface area contributed by atoms with Crippen molar-refractivity contribution in [3.8, 4) is 0 Å². The summed E-state index contributed by atoms with van der Waals surface area (Å²) in [5.74, 6) is -0.236. The number of aryl methyl sites for hydroxylation is 1. The summed E-state index contributed by atoms with van der Waals surface area (Å²) in [5, 5.41) is 0. The fourth-order valence-electron chi connectivity index (χ4n) is 1.74. The minimum atomic E-state index is -0.236. The van der Waals surface area contributed by atoms with Crippen molar-refractivity contribution in [1.29, 1.82) is 0 Å². The van der Waals surface area contributed by atoms with Crippen molar-refractivity contribution in [2.45, 2.75) is 19.4 Å². The van der Waals surface area contributed by atoms with Gasteiger partial charge >= 0.3 is 5.97 Å². The van der Waals surface area contributed by atoms with Gasteiger partial charge in [0.2, 0.25) is 0 Å². The number of hydroxylamine groups is 1. The van der Waals surface area contributed by atoms with Crippen LogP contribution in [0.3, 0.4) is 0 Å². The summed E-state index contributed by atoms with van der Waals surface area (Å²) < 4.78 is 0. The Hall–Kier alpha value is -2.13. The van der Waals surface area contributed by atoms with E-state index in [1.807, 2.05) is 60.7 Å². The zero-order chi connectivity index (χ0) is 13.3. The average Bonchev–Trinajstić information content (AvgIpc) is 2.47. The molecule has 1 N–H and O–H groups in total. The monoisotopic (exact) mass is 255 g/mol. The van der Waals surface area contributed by atoms with E-state index in [1.54, 1.807) is 0 Å². The van der Waals surface area contributed by atoms with Crippen molar-refractivity contribution in [2.24, 2.45) is 0 Å². The van der Waals surface area contributed by atoms with Gasteiger partial charge in [0, 0.05) is 0 Å². The molecule has 0 amide bonds. The first-order valence-corrected chi connectivity index (χ1v) is 6.35. The molecule has 2 aromatic carbocycles. The summed E-state index contributed by atoms with van der Waals surface area (Å²) in [6, 6.07) is 19.7. The lowest BCUT2D eigenvalue weighted by Gasteiger charge is -2.06. The fourth-order valence-corrected chi connectivity index (χ4v) is 1.74. The predicted molar refractivity (Wildman–Crippen MR) is 74.1 cm³/mol. The summed E-state index contributed by atoms with van der Waals surface area (Å²) in [6.07, 6.45) is 1.08. The molecule has 3 nitrogen and oxygen atoms in total. The molecule has 0 saturated carbocycles. The molecule has 0 atom stereocenters. The molecular weight excluding hydrogens is 238 g/mol. The molecule has 0 aliphatic heterocycles. The van der Waals surface area contributed by atoms with E-state index in [9.17, 15) is 4.79 Å². The second-order valence-electron chi connectivity index (χ2n) is 4.27. The number of hydrogen-bond acceptors (Lipinski definition) is 3. The predicted octanol–water partition coefficient (Wildman–Crippen LogP) is 2.87. The Morgan fingerprint density at radius 3 is 2.11 bits per heavy atom. The summed E-state index contributed by atoms with van der Waals surface area (Å²) in [4.78, 5) is 16.5. The number of rotatable bonds is 6. The Morgan fingerprint density at radius 2 is 1.47 bits per heavy atom. The third-order valence-electron chi connectivity index (χ3n) is 2.77. The van der Waals surface area contributed by atoms with E-state index in [0.29, 0.717) is 19.4 Å². The molecule has 0 heterocycles. The highest BCUT2D eigenvalue weighted by Crippen LogP contribution is 2.03. The lowest BCUT2D eigenvalue weighted by Crippen LogP contribution is -2.19. The van der Waals surface area contributed by atoms with Crippen LogP contribution in [0.5, 0.6) is 0 Å². The quantitative estimate of drug-likeness (QED) is 0.807. The first kappa shape index (κ1) is 13.3. The maximum atomic E-state index is 11.5. The van der Waals surface area contributed by atoms with Crippen LogP contribution in [0.4, 0.5) is 0 Å². The van der Waals surface area contributed by atoms with Crippen LogP contribution in [-0.2, 0) is 22.6 Å². The second-order valence-corrected chi connectivity index (χ2v) is 4.27. The molecule has 0 unspecified atom stereocenters. The van der Waals surface area contributed by atoms with Crippen LogP contribution >= 0.6 is 0 Å². The molecule has 0 saturated heterocycles. The van der Waals surface area contributed by atoms with E-state index in [-0.39, 0.29) is 5.97 Å². The maximum absolute atomic E-state index is 11.5. The van der Waals surface area contributed by atoms with Crippen LogP contribution in [0.15, 0.2) is 60.7 Å². The van der Waals surface area contributed by atoms with Crippen molar-refractivity contribution >= 4 is 5.97 Å². The molecule has 2 aromatic rings. The number of nitrogens with one attached hydrogen (secondary N) is 1. The maximum Gasteiger partial charge on any atom is 0.325 e. The van der Waals surface area contributed by atoms with E-state index in [0.717, 1.165) is 11.1 Å². The molecule has 0 aromatic heterocycles. The van der Waals surface area contributed by atoms with Crippen molar-refractivity contribution in [1.82, 2.24) is 5.48 Å². The van der Waals surface area contributed by atoms with Gasteiger partial charge in [-0.25, -0.2) is 0 Å². The standard InChI is InChI=1S/C16H17NO2/c18-16(12-11-14-7-3-1-4-8-14)19-17-13-15-9-5-2-6-10-15/h1-10,17H,11-13H2. The molecule has 3 heteroatoms. The molecule has 0 spiro atoms. The van der Waals surface area contributed by atoms with Gasteiger partial charge in [0.1, 0.15) is 0 Å². The van der Waals surface area contributed by atoms with E-state index < -0.39 is 0 Å². The molecule has 0 bridgehead atoms. The molecule has 0 fully saturated rings. The first-order valence-electron chi connectivity index (χ1n) is 6.35. The fraction of sp³-hybridized carbons (Fsp3) is 0.188. The zero-order valence-electron chi connectivity index (χ0n) is 10.7. The topological polar surface area (TPSA) is 38.3 Å². The van der Waals surface area contributed by atoms with Crippen molar-refractivity contribution < 1.29 is 9.63 Å². The summed E-state index contributed by atoms with van der Waals surface area (Å²) in [6.45, 7) is 0.526. The smallest absolute Gasteiger partial charge is 0.325 e. The first-order chi connectivity index (χ1) is 9.34. The van der Waals surface area contributed by atoms with Crippen molar-refractivity contribution in [2.75, 3.05) is 0 Å². The van der Waals surface area contributed by atoms with Crippen LogP contribution in [0.25, 0.3) is 0 Å². The van der Waals surface area contributed by atoms with Crippen molar-refractivity contribution in [3.05, 3.63) is 71.8 Å². The molecule has 2 rings (SSSR count). The zero-order valence-corrected chi connectivity index (χ0v) is 10.7. The van der Waals surface area contributed by atoms with E-state index in [2.05, 4.69) is 5.48 Å². The minimum Gasteiger partial charge on any atom is -0.370 e. The normalized spacial score (nSPS) is 10.1. The highest BCUT2D eigenvalue weighted by atomic mass is 16.7. The number of carbonyl (C=O) groups excluding carboxylic acids is 1. The van der Waals surface area contributed by atoms with Gasteiger partial charge in [0.05, 0.1) is 13.0 Å². The lowest BCUT2D eigenvalue weighted by atomic mass is 10.1. The highest BCUT2D eigenvalue weighted by molar-refractivity contribution is 5.69. The molecule has 0 aliphatic carbocycles. The summed E-state index contributed by atoms with van der Waals surface area (Å²) >= 11 is 0. The van der Waals surface area contributed by atoms with Gasteiger partial charge in [-0.05, 0) is 17.5 Å². The van der Waals surface area contributed by atoms with Crippen LogP contribution in [0.2, 0.25) is 0 Å². The minimum absolute atomic E-state index is 0.236. The summed E-state index contributed by atoms with van der Waals surface area (Å²) in [5.41, 5.74) is 4.91. The van der Waals surface area contributed by atoms with Crippen LogP contribution in [0.1, 0.15) is 17.5 Å². The van der Waals surface area contributed by atoms with Gasteiger partial charge in [-0.15, -0.1) is 5.48 Å². The number of benzene rings is 2. The Labute approximate surface area is 113 Å². The third-order valence-corrected chi connectivity index (χ3v) is 2.77. The Kier molecular flexibility index (Phi) is 5.14. The highest BCUT2D eigenvalue weighted by Gasteiger charge is 2.03. The Morgan fingerprint density at radius 1 is 0.895 bits per heavy atom. The van der Waals surface area contributed by atoms with Crippen molar-refractivity contribution in [3.63, 3.8) is 0 Å². The molecule has 0 radical (unpaired) electrons. The molecular formula is C16H17NO2. The Bertz CT molecular complexity index is 497. The van der Waals surface area contributed by atoms with Crippen LogP contribution in [0, 0.1) is 0 Å². The van der Waals surface area contributed by atoms with Crippen LogP contribution < -0.4 is 5.48 Å². The van der Waals surface area contributed by atoms with Crippen LogP contribution in [-0.4, -0.2) is 5.97 Å². The number of carbonyl (C=O) groups is 1. The number of hydrogen-bond donors (Lipinski definition) is 1. The molecule has 0 aliphatic rings. The van der Waals surface area contributed by atoms with E-state index in [1.165, 1.54) is 0 Å². The third kappa shape index (κ3) is 4.94. The molecule has 98 valence electrons. The van der Waals surface area contributed by atoms with E-state index >= 15 is 0 Å². The summed E-state index contributed by atoms with van der Waals surface area (Å²) in [7, 11) is 0. The van der Waals surface area contributed by atoms with Gasteiger partial charge in [-0.2, -0.15) is 0 Å². The average molecular weight is 255 g/mol. The van der Waals surface area contributed by atoms with Gasteiger partial charge in [0.15, 0.2) is 0 Å². The lowest BCUT2D eigenvalue weighted by molar-refractivity contribution is -0.151. The second kappa shape index (κ2) is 7.34. The molecule has 19 heavy (non-hydrogen) atoms. The van der Waals surface area contributed by atoms with E-state index in [4.69, 9.17) is 4.84 Å². The van der Waals surface area contributed by atoms with Gasteiger partial charge < -0.3 is 4.84 Å².